The van der Waals surface area contributed by atoms with Crippen LogP contribution >= 0.6 is 11.6 Å². The fraction of sp³-hybridized carbons (Fsp3) is 0.154. The number of halogens is 1. The Morgan fingerprint density at radius 3 is 2.94 bits per heavy atom. The molecule has 0 spiro atoms. The van der Waals surface area contributed by atoms with Crippen molar-refractivity contribution in [3.8, 4) is 0 Å². The van der Waals surface area contributed by atoms with E-state index >= 15 is 0 Å². The van der Waals surface area contributed by atoms with Gasteiger partial charge >= 0.3 is 0 Å². The monoisotopic (exact) mass is 233 g/mol. The van der Waals surface area contributed by atoms with Gasteiger partial charge in [0.05, 0.1) is 0 Å². The van der Waals surface area contributed by atoms with Crippen molar-refractivity contribution < 1.29 is 4.79 Å². The Balaban J connectivity index is 2.75. The van der Waals surface area contributed by atoms with Crippen molar-refractivity contribution in [1.29, 1.82) is 0 Å². The molecule has 0 aliphatic heterocycles. The first-order chi connectivity index (χ1) is 7.63. The number of allylic oxidation sites excluding steroid dienone is 1. The van der Waals surface area contributed by atoms with Gasteiger partial charge in [0.25, 0.3) is 0 Å². The largest absolute Gasteiger partial charge is 0.343 e. The number of ketones is 1. The van der Waals surface area contributed by atoms with E-state index in [9.17, 15) is 4.79 Å². The minimum Gasteiger partial charge on any atom is -0.343 e. The predicted octanol–water partition coefficient (Wildman–Crippen LogP) is 3.68. The molecule has 1 heterocycles. The molecule has 0 amide bonds. The molecule has 0 unspecified atom stereocenters. The lowest BCUT2D eigenvalue weighted by Crippen LogP contribution is -1.92. The molecule has 2 aromatic rings. The number of aromatic nitrogens is 1. The molecule has 0 aliphatic rings. The van der Waals surface area contributed by atoms with Crippen molar-refractivity contribution in [3.63, 3.8) is 0 Å². The Labute approximate surface area is 99.1 Å². The minimum atomic E-state index is 0.0510. The number of Topliss-reactive ketones (excluding diaryl/α,β-unsaturated/α-hetero) is 1. The molecule has 0 atom stereocenters. The number of rotatable bonds is 3. The number of benzene rings is 1. The molecule has 3 heteroatoms. The van der Waals surface area contributed by atoms with E-state index in [-0.39, 0.29) is 5.78 Å². The molecular weight excluding hydrogens is 222 g/mol. The average Bonchev–Trinajstić information content (AvgIpc) is 2.57. The number of hydrogen-bond donors (Lipinski definition) is 0. The summed E-state index contributed by atoms with van der Waals surface area (Å²) in [5, 5.41) is 1.55. The van der Waals surface area contributed by atoms with Gasteiger partial charge in [-0.3, -0.25) is 4.79 Å². The maximum atomic E-state index is 11.5. The standard InChI is InChI=1S/C13H12ClNO/c1-3-6-15-8-12(9(2)16)11-7-10(14)4-5-13(11)15/h3-5,7-8H,1,6H2,2H3. The summed E-state index contributed by atoms with van der Waals surface area (Å²) in [5.74, 6) is 0.0510. The van der Waals surface area contributed by atoms with Gasteiger partial charge in [0.15, 0.2) is 5.78 Å². The van der Waals surface area contributed by atoms with Crippen molar-refractivity contribution in [1.82, 2.24) is 4.57 Å². The lowest BCUT2D eigenvalue weighted by atomic mass is 10.1. The zero-order chi connectivity index (χ0) is 11.7. The van der Waals surface area contributed by atoms with Gasteiger partial charge in [-0.15, -0.1) is 6.58 Å². The first kappa shape index (κ1) is 11.0. The predicted molar refractivity (Wildman–Crippen MR) is 67.1 cm³/mol. The van der Waals surface area contributed by atoms with E-state index in [2.05, 4.69) is 6.58 Å². The molecule has 0 bridgehead atoms. The molecule has 0 saturated carbocycles. The zero-order valence-corrected chi connectivity index (χ0v) is 9.79. The molecule has 2 nitrogen and oxygen atoms in total. The molecule has 1 aromatic heterocycles. The average molecular weight is 234 g/mol. The van der Waals surface area contributed by atoms with E-state index in [0.717, 1.165) is 10.9 Å². The highest BCUT2D eigenvalue weighted by Gasteiger charge is 2.11. The van der Waals surface area contributed by atoms with Gasteiger partial charge in [-0.1, -0.05) is 17.7 Å². The molecule has 82 valence electrons. The van der Waals surface area contributed by atoms with Gasteiger partial charge in [-0.05, 0) is 25.1 Å². The van der Waals surface area contributed by atoms with Crippen LogP contribution in [0.2, 0.25) is 5.02 Å². The van der Waals surface area contributed by atoms with E-state index < -0.39 is 0 Å². The lowest BCUT2D eigenvalue weighted by Gasteiger charge is -2.00. The molecule has 16 heavy (non-hydrogen) atoms. The van der Waals surface area contributed by atoms with Crippen LogP contribution in [0.3, 0.4) is 0 Å². The van der Waals surface area contributed by atoms with Crippen LogP contribution in [0.5, 0.6) is 0 Å². The van der Waals surface area contributed by atoms with Crippen LogP contribution in [0.25, 0.3) is 10.9 Å². The second-order valence-corrected chi connectivity index (χ2v) is 4.14. The highest BCUT2D eigenvalue weighted by molar-refractivity contribution is 6.31. The van der Waals surface area contributed by atoms with E-state index in [4.69, 9.17) is 11.6 Å². The Kier molecular flexibility index (Phi) is 2.84. The second kappa shape index (κ2) is 4.14. The van der Waals surface area contributed by atoms with E-state index in [1.54, 1.807) is 13.0 Å². The Morgan fingerprint density at radius 1 is 1.56 bits per heavy atom. The van der Waals surface area contributed by atoms with Crippen molar-refractivity contribution in [2.45, 2.75) is 13.5 Å². The van der Waals surface area contributed by atoms with Gasteiger partial charge in [0.2, 0.25) is 0 Å². The quantitative estimate of drug-likeness (QED) is 0.586. The maximum Gasteiger partial charge on any atom is 0.161 e. The Hall–Kier alpha value is -1.54. The van der Waals surface area contributed by atoms with Gasteiger partial charge in [0.1, 0.15) is 0 Å². The highest BCUT2D eigenvalue weighted by Crippen LogP contribution is 2.25. The van der Waals surface area contributed by atoms with Crippen LogP contribution < -0.4 is 0 Å². The SMILES string of the molecule is C=CCn1cc(C(C)=O)c2cc(Cl)ccc21. The van der Waals surface area contributed by atoms with Gasteiger partial charge in [0, 0.05) is 34.2 Å². The van der Waals surface area contributed by atoms with Crippen molar-refractivity contribution in [2.24, 2.45) is 0 Å². The summed E-state index contributed by atoms with van der Waals surface area (Å²) < 4.78 is 2.00. The molecular formula is C13H12ClNO. The van der Waals surface area contributed by atoms with Crippen molar-refractivity contribution >= 4 is 28.3 Å². The molecule has 1 aromatic carbocycles. The zero-order valence-electron chi connectivity index (χ0n) is 9.03. The van der Waals surface area contributed by atoms with E-state index in [1.807, 2.05) is 29.0 Å². The number of fused-ring (bicyclic) bond motifs is 1. The fourth-order valence-electron chi connectivity index (χ4n) is 1.84. The molecule has 0 saturated heterocycles. The first-order valence-electron chi connectivity index (χ1n) is 5.03. The molecule has 0 N–H and O–H groups in total. The number of carbonyl (C=O) groups excluding carboxylic acids is 1. The third-order valence-electron chi connectivity index (χ3n) is 2.55. The Morgan fingerprint density at radius 2 is 2.31 bits per heavy atom. The minimum absolute atomic E-state index is 0.0510. The smallest absolute Gasteiger partial charge is 0.161 e. The lowest BCUT2D eigenvalue weighted by molar-refractivity contribution is 0.101. The third kappa shape index (κ3) is 1.76. The molecule has 0 aliphatic carbocycles. The Bertz CT molecular complexity index is 569. The van der Waals surface area contributed by atoms with E-state index in [0.29, 0.717) is 17.1 Å². The summed E-state index contributed by atoms with van der Waals surface area (Å²) in [6.07, 6.45) is 3.66. The van der Waals surface area contributed by atoms with E-state index in [1.165, 1.54) is 0 Å². The highest BCUT2D eigenvalue weighted by atomic mass is 35.5. The summed E-state index contributed by atoms with van der Waals surface area (Å²) in [6.45, 7) is 5.95. The van der Waals surface area contributed by atoms with Crippen LogP contribution in [-0.4, -0.2) is 10.4 Å². The summed E-state index contributed by atoms with van der Waals surface area (Å²) in [7, 11) is 0. The van der Waals surface area contributed by atoms with Crippen LogP contribution in [0.4, 0.5) is 0 Å². The number of hydrogen-bond acceptors (Lipinski definition) is 1. The summed E-state index contributed by atoms with van der Waals surface area (Å²) in [4.78, 5) is 11.5. The van der Waals surface area contributed by atoms with Crippen molar-refractivity contribution in [2.75, 3.05) is 0 Å². The summed E-state index contributed by atoms with van der Waals surface area (Å²) >= 11 is 5.94. The van der Waals surface area contributed by atoms with Crippen LogP contribution in [0.1, 0.15) is 17.3 Å². The normalized spacial score (nSPS) is 10.6. The molecule has 0 radical (unpaired) electrons. The summed E-state index contributed by atoms with van der Waals surface area (Å²) in [5.41, 5.74) is 1.72. The number of carbonyl (C=O) groups is 1. The van der Waals surface area contributed by atoms with Gasteiger partial charge in [-0.25, -0.2) is 0 Å². The maximum absolute atomic E-state index is 11.5. The van der Waals surface area contributed by atoms with Crippen LogP contribution in [-0.2, 0) is 6.54 Å². The van der Waals surface area contributed by atoms with Gasteiger partial charge in [-0.2, -0.15) is 0 Å². The molecule has 2 rings (SSSR count). The second-order valence-electron chi connectivity index (χ2n) is 3.70. The molecule has 0 fully saturated rings. The summed E-state index contributed by atoms with van der Waals surface area (Å²) in [6, 6.07) is 5.58. The fourth-order valence-corrected chi connectivity index (χ4v) is 2.01. The van der Waals surface area contributed by atoms with Crippen molar-refractivity contribution in [3.05, 3.63) is 47.6 Å². The van der Waals surface area contributed by atoms with Gasteiger partial charge < -0.3 is 4.57 Å². The third-order valence-corrected chi connectivity index (χ3v) is 2.78. The van der Waals surface area contributed by atoms with Crippen LogP contribution in [0, 0.1) is 0 Å². The first-order valence-corrected chi connectivity index (χ1v) is 5.41. The number of nitrogens with zero attached hydrogens (tertiary/aromatic N) is 1. The topological polar surface area (TPSA) is 22.0 Å². The van der Waals surface area contributed by atoms with Crippen LogP contribution in [0.15, 0.2) is 37.1 Å².